The second-order valence-electron chi connectivity index (χ2n) is 8.17. The van der Waals surface area contributed by atoms with Crippen molar-refractivity contribution in [3.05, 3.63) is 78.5 Å². The molecule has 0 saturated heterocycles. The number of nitrogens with zero attached hydrogens (tertiary/aromatic N) is 6. The Morgan fingerprint density at radius 2 is 1.94 bits per heavy atom. The average Bonchev–Trinajstić information content (AvgIpc) is 3.39. The minimum atomic E-state index is -0.368. The monoisotopic (exact) mass is 457 g/mol. The summed E-state index contributed by atoms with van der Waals surface area (Å²) in [6, 6.07) is 5.91. The molecule has 5 rings (SSSR count). The molecule has 170 valence electrons. The van der Waals surface area contributed by atoms with E-state index in [1.54, 1.807) is 30.7 Å². The molecular formula is C24H20FN7O2. The van der Waals surface area contributed by atoms with Crippen LogP contribution in [0.3, 0.4) is 0 Å². The highest BCUT2D eigenvalue weighted by atomic mass is 19.1. The van der Waals surface area contributed by atoms with Crippen molar-refractivity contribution in [2.45, 2.75) is 26.4 Å². The smallest absolute Gasteiger partial charge is 0.246 e. The van der Waals surface area contributed by atoms with E-state index in [0.29, 0.717) is 38.8 Å². The minimum absolute atomic E-state index is 0.0757. The summed E-state index contributed by atoms with van der Waals surface area (Å²) >= 11 is 0. The average molecular weight is 457 g/mol. The quantitative estimate of drug-likeness (QED) is 0.389. The minimum Gasteiger partial charge on any atom is -0.329 e. The fourth-order valence-electron chi connectivity index (χ4n) is 3.83. The van der Waals surface area contributed by atoms with Gasteiger partial charge in [0.15, 0.2) is 5.78 Å². The molecule has 0 aliphatic heterocycles. The molecule has 1 aromatic carbocycles. The third-order valence-electron chi connectivity index (χ3n) is 5.40. The predicted octanol–water partition coefficient (Wildman–Crippen LogP) is 3.77. The van der Waals surface area contributed by atoms with Crippen LogP contribution in [0.1, 0.15) is 35.8 Å². The van der Waals surface area contributed by atoms with Gasteiger partial charge in [0.2, 0.25) is 5.91 Å². The maximum absolute atomic E-state index is 13.4. The highest BCUT2D eigenvalue weighted by molar-refractivity contribution is 6.16. The summed E-state index contributed by atoms with van der Waals surface area (Å²) < 4.78 is 16.7. The summed E-state index contributed by atoms with van der Waals surface area (Å²) in [5.74, 6) is -0.972. The molecule has 1 N–H and O–H groups in total. The van der Waals surface area contributed by atoms with Gasteiger partial charge in [-0.15, -0.1) is 0 Å². The van der Waals surface area contributed by atoms with Crippen LogP contribution in [-0.4, -0.2) is 41.0 Å². The lowest BCUT2D eigenvalue weighted by atomic mass is 10.1. The van der Waals surface area contributed by atoms with Gasteiger partial charge in [0.05, 0.1) is 23.0 Å². The summed E-state index contributed by atoms with van der Waals surface area (Å²) in [6.07, 6.45) is 9.35. The summed E-state index contributed by atoms with van der Waals surface area (Å²) in [6.45, 7) is 3.94. The third-order valence-corrected chi connectivity index (χ3v) is 5.40. The van der Waals surface area contributed by atoms with E-state index in [2.05, 4.69) is 25.4 Å². The Hall–Kier alpha value is -4.47. The topological polar surface area (TPSA) is 108 Å². The molecule has 4 heterocycles. The van der Waals surface area contributed by atoms with Crippen LogP contribution in [0.4, 0.5) is 10.1 Å². The van der Waals surface area contributed by atoms with Gasteiger partial charge in [-0.2, -0.15) is 5.10 Å². The molecule has 0 aliphatic carbocycles. The summed E-state index contributed by atoms with van der Waals surface area (Å²) in [4.78, 5) is 38.3. The first-order valence-corrected chi connectivity index (χ1v) is 10.6. The summed E-state index contributed by atoms with van der Waals surface area (Å²) in [5, 5.41) is 8.26. The van der Waals surface area contributed by atoms with Crippen LogP contribution >= 0.6 is 0 Å². The van der Waals surface area contributed by atoms with Crippen LogP contribution in [0.2, 0.25) is 0 Å². The second kappa shape index (κ2) is 8.47. The second-order valence-corrected chi connectivity index (χ2v) is 8.17. The van der Waals surface area contributed by atoms with Crippen molar-refractivity contribution in [3.63, 3.8) is 0 Å². The number of hydrogen-bond acceptors (Lipinski definition) is 6. The molecule has 9 nitrogen and oxygen atoms in total. The van der Waals surface area contributed by atoms with Crippen molar-refractivity contribution in [1.29, 1.82) is 0 Å². The summed E-state index contributed by atoms with van der Waals surface area (Å²) in [7, 11) is 0. The number of benzene rings is 1. The molecule has 0 aliphatic rings. The van der Waals surface area contributed by atoms with Crippen molar-refractivity contribution in [3.8, 4) is 0 Å². The normalized spacial score (nSPS) is 11.4. The lowest BCUT2D eigenvalue weighted by Gasteiger charge is -2.07. The lowest BCUT2D eigenvalue weighted by Crippen LogP contribution is -2.19. The zero-order valence-corrected chi connectivity index (χ0v) is 18.4. The number of hydrogen-bond donors (Lipinski definition) is 1. The number of ketones is 1. The van der Waals surface area contributed by atoms with Crippen molar-refractivity contribution >= 4 is 39.3 Å². The van der Waals surface area contributed by atoms with Gasteiger partial charge >= 0.3 is 0 Å². The molecular weight excluding hydrogens is 437 g/mol. The van der Waals surface area contributed by atoms with Gasteiger partial charge in [-0.3, -0.25) is 19.3 Å². The molecule has 34 heavy (non-hydrogen) atoms. The maximum Gasteiger partial charge on any atom is 0.246 e. The van der Waals surface area contributed by atoms with Crippen LogP contribution in [0.15, 0.2) is 61.6 Å². The van der Waals surface area contributed by atoms with Crippen molar-refractivity contribution in [2.24, 2.45) is 0 Å². The van der Waals surface area contributed by atoms with Crippen LogP contribution in [0, 0.1) is 5.82 Å². The van der Waals surface area contributed by atoms with E-state index in [1.165, 1.54) is 35.5 Å². The lowest BCUT2D eigenvalue weighted by molar-refractivity contribution is -0.116. The van der Waals surface area contributed by atoms with Crippen LogP contribution in [-0.2, 0) is 11.3 Å². The van der Waals surface area contributed by atoms with E-state index in [9.17, 15) is 14.0 Å². The Morgan fingerprint density at radius 3 is 2.76 bits per heavy atom. The molecule has 5 aromatic rings. The number of aromatic nitrogens is 6. The number of fused-ring (bicyclic) bond motifs is 2. The number of amides is 1. The first-order valence-electron chi connectivity index (χ1n) is 10.6. The Labute approximate surface area is 193 Å². The zero-order valence-electron chi connectivity index (χ0n) is 18.4. The highest BCUT2D eigenvalue weighted by Crippen LogP contribution is 2.25. The maximum atomic E-state index is 13.4. The van der Waals surface area contributed by atoms with Gasteiger partial charge in [0.1, 0.15) is 24.3 Å². The molecule has 0 unspecified atom stereocenters. The summed E-state index contributed by atoms with van der Waals surface area (Å²) in [5.41, 5.74) is 2.43. The van der Waals surface area contributed by atoms with Gasteiger partial charge in [-0.25, -0.2) is 14.4 Å². The van der Waals surface area contributed by atoms with Gasteiger partial charge in [0.25, 0.3) is 0 Å². The Morgan fingerprint density at radius 1 is 1.09 bits per heavy atom. The van der Waals surface area contributed by atoms with Crippen LogP contribution in [0.25, 0.3) is 21.9 Å². The van der Waals surface area contributed by atoms with E-state index in [1.807, 2.05) is 18.4 Å². The Kier molecular flexibility index (Phi) is 5.33. The Bertz CT molecular complexity index is 1550. The Balaban J connectivity index is 1.36. The van der Waals surface area contributed by atoms with Crippen molar-refractivity contribution < 1.29 is 14.0 Å². The first kappa shape index (κ1) is 21.4. The number of rotatable bonds is 6. The van der Waals surface area contributed by atoms with E-state index < -0.39 is 0 Å². The zero-order chi connectivity index (χ0) is 23.8. The fourth-order valence-corrected chi connectivity index (χ4v) is 3.83. The third kappa shape index (κ3) is 4.01. The molecule has 0 radical (unpaired) electrons. The van der Waals surface area contributed by atoms with Crippen molar-refractivity contribution in [1.82, 2.24) is 29.3 Å². The highest BCUT2D eigenvalue weighted by Gasteiger charge is 2.20. The van der Waals surface area contributed by atoms with Gasteiger partial charge in [-0.1, -0.05) is 0 Å². The number of anilines is 1. The standard InChI is InChI=1S/C24H20FN7O2/c1-14(2)32-11-20(19-9-27-13-28-24(19)32)23(34)15-6-18(8-26-7-15)29-22(33)12-31-10-16-5-17(25)3-4-21(16)30-31/h3-11,13-14H,12H2,1-2H3,(H,29,33). The van der Waals surface area contributed by atoms with E-state index in [-0.39, 0.29) is 30.1 Å². The number of pyridine rings is 1. The van der Waals surface area contributed by atoms with Crippen LogP contribution in [0.5, 0.6) is 0 Å². The largest absolute Gasteiger partial charge is 0.329 e. The van der Waals surface area contributed by atoms with Crippen molar-refractivity contribution in [2.75, 3.05) is 5.32 Å². The molecule has 0 fully saturated rings. The van der Waals surface area contributed by atoms with Gasteiger partial charge in [0, 0.05) is 47.2 Å². The fraction of sp³-hybridized carbons (Fsp3) is 0.167. The number of carbonyl (C=O) groups is 2. The molecule has 4 aromatic heterocycles. The van der Waals surface area contributed by atoms with Gasteiger partial charge in [-0.05, 0) is 38.1 Å². The number of carbonyl (C=O) groups excluding carboxylic acids is 2. The molecule has 10 heteroatoms. The van der Waals surface area contributed by atoms with E-state index in [0.717, 1.165) is 0 Å². The number of halogens is 1. The molecule has 0 saturated carbocycles. The van der Waals surface area contributed by atoms with Gasteiger partial charge < -0.3 is 9.88 Å². The van der Waals surface area contributed by atoms with Crippen LogP contribution < -0.4 is 5.32 Å². The molecule has 0 atom stereocenters. The number of nitrogens with one attached hydrogen (secondary N) is 1. The SMILES string of the molecule is CC(C)n1cc(C(=O)c2cncc(NC(=O)Cn3cc4cc(F)ccc4n3)c2)c2cncnc21. The van der Waals surface area contributed by atoms with E-state index >= 15 is 0 Å². The predicted molar refractivity (Wildman–Crippen MR) is 124 cm³/mol. The molecule has 0 bridgehead atoms. The molecule has 1 amide bonds. The first-order chi connectivity index (χ1) is 16.4. The van der Waals surface area contributed by atoms with E-state index in [4.69, 9.17) is 0 Å². The molecule has 0 spiro atoms.